The second-order valence-electron chi connectivity index (χ2n) is 9.59. The fourth-order valence-corrected chi connectivity index (χ4v) is 4.80. The maximum absolute atomic E-state index is 5.79. The van der Waals surface area contributed by atoms with Crippen LogP contribution >= 0.6 is 0 Å². The summed E-state index contributed by atoms with van der Waals surface area (Å²) >= 11 is 0. The summed E-state index contributed by atoms with van der Waals surface area (Å²) in [6.07, 6.45) is 0. The molecule has 196 valence electrons. The number of benzene rings is 5. The van der Waals surface area contributed by atoms with Gasteiger partial charge in [0, 0.05) is 16.8 Å². The van der Waals surface area contributed by atoms with Crippen LogP contribution in [-0.4, -0.2) is 18.7 Å². The molecule has 0 atom stereocenters. The largest absolute Gasteiger partial charge is 0.496 e. The van der Waals surface area contributed by atoms with Crippen LogP contribution in [0.15, 0.2) is 144 Å². The quantitative estimate of drug-likeness (QED) is 0.155. The van der Waals surface area contributed by atoms with Crippen LogP contribution in [0, 0.1) is 6.92 Å². The van der Waals surface area contributed by atoms with Gasteiger partial charge in [0.2, 0.25) is 0 Å². The SMILES string of the molecule is C=C(/N=C(\N=C(/C)c1cccc(-c2ccccc2-c2cccc(C)c2OC)c1)c1ccccc1)c1ccccc1. The highest BCUT2D eigenvalue weighted by Gasteiger charge is 2.14. The highest BCUT2D eigenvalue weighted by Crippen LogP contribution is 2.39. The van der Waals surface area contributed by atoms with Crippen LogP contribution in [0.25, 0.3) is 28.0 Å². The minimum absolute atomic E-state index is 0.627. The Hall–Kier alpha value is -5.02. The molecule has 5 aromatic carbocycles. The molecule has 0 bridgehead atoms. The molecule has 5 aromatic rings. The van der Waals surface area contributed by atoms with Crippen LogP contribution in [0.4, 0.5) is 0 Å². The Morgan fingerprint density at radius 1 is 0.600 bits per heavy atom. The van der Waals surface area contributed by atoms with E-state index in [9.17, 15) is 0 Å². The van der Waals surface area contributed by atoms with Gasteiger partial charge in [0.1, 0.15) is 5.75 Å². The van der Waals surface area contributed by atoms with Crippen molar-refractivity contribution in [1.82, 2.24) is 0 Å². The number of nitrogens with zero attached hydrogens (tertiary/aromatic N) is 2. The molecular formula is C37H32N2O. The van der Waals surface area contributed by atoms with E-state index in [-0.39, 0.29) is 0 Å². The Kier molecular flexibility index (Phi) is 8.13. The zero-order valence-electron chi connectivity index (χ0n) is 23.1. The van der Waals surface area contributed by atoms with Crippen LogP contribution < -0.4 is 4.74 Å². The summed E-state index contributed by atoms with van der Waals surface area (Å²) in [5.41, 5.74) is 10.0. The minimum Gasteiger partial charge on any atom is -0.496 e. The van der Waals surface area contributed by atoms with E-state index in [1.807, 2.05) is 67.6 Å². The summed E-state index contributed by atoms with van der Waals surface area (Å²) in [6.45, 7) is 8.32. The average molecular weight is 521 g/mol. The van der Waals surface area contributed by atoms with Gasteiger partial charge in [0.15, 0.2) is 5.84 Å². The number of aryl methyl sites for hydroxylation is 1. The number of hydrogen-bond donors (Lipinski definition) is 0. The van der Waals surface area contributed by atoms with Gasteiger partial charge in [-0.1, -0.05) is 128 Å². The number of hydrogen-bond acceptors (Lipinski definition) is 2. The lowest BCUT2D eigenvalue weighted by molar-refractivity contribution is 0.413. The number of aliphatic imine (C=N–C) groups is 2. The molecule has 0 heterocycles. The van der Waals surface area contributed by atoms with E-state index in [0.29, 0.717) is 11.5 Å². The normalized spacial score (nSPS) is 11.8. The van der Waals surface area contributed by atoms with Gasteiger partial charge >= 0.3 is 0 Å². The van der Waals surface area contributed by atoms with Gasteiger partial charge in [-0.2, -0.15) is 0 Å². The lowest BCUT2D eigenvalue weighted by Crippen LogP contribution is -2.04. The molecule has 0 spiro atoms. The Morgan fingerprint density at radius 3 is 1.88 bits per heavy atom. The van der Waals surface area contributed by atoms with E-state index in [1.165, 1.54) is 0 Å². The molecule has 0 aromatic heterocycles. The zero-order valence-corrected chi connectivity index (χ0v) is 23.1. The maximum Gasteiger partial charge on any atom is 0.160 e. The molecule has 0 aliphatic carbocycles. The predicted octanol–water partition coefficient (Wildman–Crippen LogP) is 9.26. The number of amidine groups is 1. The molecule has 0 amide bonds. The van der Waals surface area contributed by atoms with Crippen LogP contribution in [0.5, 0.6) is 5.75 Å². The van der Waals surface area contributed by atoms with Gasteiger partial charge in [-0.3, -0.25) is 0 Å². The van der Waals surface area contributed by atoms with E-state index in [2.05, 4.69) is 80.2 Å². The van der Waals surface area contributed by atoms with Gasteiger partial charge in [0.05, 0.1) is 12.8 Å². The zero-order chi connectivity index (χ0) is 27.9. The number of rotatable bonds is 7. The van der Waals surface area contributed by atoms with Gasteiger partial charge in [-0.15, -0.1) is 0 Å². The molecule has 0 radical (unpaired) electrons. The predicted molar refractivity (Wildman–Crippen MR) is 169 cm³/mol. The smallest absolute Gasteiger partial charge is 0.160 e. The fraction of sp³-hybridized carbons (Fsp3) is 0.0811. The van der Waals surface area contributed by atoms with Crippen molar-refractivity contribution < 1.29 is 4.74 Å². The molecule has 0 unspecified atom stereocenters. The second kappa shape index (κ2) is 12.2. The van der Waals surface area contributed by atoms with Crippen LogP contribution in [0.1, 0.15) is 29.2 Å². The Bertz CT molecular complexity index is 1700. The summed E-state index contributed by atoms with van der Waals surface area (Å²) in [5.74, 6) is 1.52. The third-order valence-electron chi connectivity index (χ3n) is 6.88. The standard InChI is InChI=1S/C37H32N2O/c1-26-15-13-24-35(36(26)40-4)34-23-12-11-22-33(34)32-21-14-20-31(25-32)28(3)39-37(30-18-9-6-10-19-30)38-27(2)29-16-7-5-8-17-29/h5-25H,2H2,1,3-4H3/b38-37-,39-28+. The molecule has 0 saturated carbocycles. The minimum atomic E-state index is 0.627. The summed E-state index contributed by atoms with van der Waals surface area (Å²) in [7, 11) is 1.73. The van der Waals surface area contributed by atoms with Crippen molar-refractivity contribution in [1.29, 1.82) is 0 Å². The van der Waals surface area contributed by atoms with Gasteiger partial charge in [-0.05, 0) is 53.3 Å². The van der Waals surface area contributed by atoms with Crippen LogP contribution in [0.3, 0.4) is 0 Å². The van der Waals surface area contributed by atoms with Crippen molar-refractivity contribution in [3.63, 3.8) is 0 Å². The van der Waals surface area contributed by atoms with Crippen LogP contribution in [0.2, 0.25) is 0 Å². The first kappa shape index (κ1) is 26.6. The van der Waals surface area contributed by atoms with E-state index < -0.39 is 0 Å². The van der Waals surface area contributed by atoms with Crippen molar-refractivity contribution in [3.8, 4) is 28.0 Å². The topological polar surface area (TPSA) is 34.0 Å². The Balaban J connectivity index is 1.56. The van der Waals surface area contributed by atoms with Crippen molar-refractivity contribution in [3.05, 3.63) is 156 Å². The van der Waals surface area contributed by atoms with Gasteiger partial charge in [0.25, 0.3) is 0 Å². The molecule has 0 aliphatic heterocycles. The summed E-state index contributed by atoms with van der Waals surface area (Å²) in [6, 6.07) is 43.2. The average Bonchev–Trinajstić information content (AvgIpc) is 3.01. The van der Waals surface area contributed by atoms with Crippen LogP contribution in [-0.2, 0) is 0 Å². The molecule has 0 fully saturated rings. The third-order valence-corrected chi connectivity index (χ3v) is 6.88. The Labute approximate surface area is 236 Å². The van der Waals surface area contributed by atoms with E-state index >= 15 is 0 Å². The molecular weight excluding hydrogens is 488 g/mol. The summed E-state index contributed by atoms with van der Waals surface area (Å²) in [5, 5.41) is 0. The molecule has 0 aliphatic rings. The fourth-order valence-electron chi connectivity index (χ4n) is 4.80. The lowest BCUT2D eigenvalue weighted by Gasteiger charge is -2.16. The van der Waals surface area contributed by atoms with E-state index in [0.717, 1.165) is 56.0 Å². The van der Waals surface area contributed by atoms with Crippen molar-refractivity contribution in [2.24, 2.45) is 9.98 Å². The van der Waals surface area contributed by atoms with E-state index in [1.54, 1.807) is 7.11 Å². The first-order valence-electron chi connectivity index (χ1n) is 13.3. The molecule has 0 N–H and O–H groups in total. The second-order valence-corrected chi connectivity index (χ2v) is 9.59. The first-order chi connectivity index (χ1) is 19.5. The highest BCUT2D eigenvalue weighted by atomic mass is 16.5. The summed E-state index contributed by atoms with van der Waals surface area (Å²) < 4.78 is 5.79. The molecule has 5 rings (SSSR count). The molecule has 3 heteroatoms. The number of ether oxygens (including phenoxy) is 1. The first-order valence-corrected chi connectivity index (χ1v) is 13.3. The monoisotopic (exact) mass is 520 g/mol. The number of methoxy groups -OCH3 is 1. The molecule has 40 heavy (non-hydrogen) atoms. The van der Waals surface area contributed by atoms with Crippen molar-refractivity contribution in [2.45, 2.75) is 13.8 Å². The number of para-hydroxylation sites is 1. The summed E-state index contributed by atoms with van der Waals surface area (Å²) in [4.78, 5) is 9.89. The van der Waals surface area contributed by atoms with E-state index in [4.69, 9.17) is 14.7 Å². The third kappa shape index (κ3) is 5.84. The Morgan fingerprint density at radius 2 is 1.18 bits per heavy atom. The van der Waals surface area contributed by atoms with Crippen molar-refractivity contribution in [2.75, 3.05) is 7.11 Å². The molecule has 0 saturated heterocycles. The molecule has 3 nitrogen and oxygen atoms in total. The van der Waals surface area contributed by atoms with Gasteiger partial charge in [-0.25, -0.2) is 9.98 Å². The highest BCUT2D eigenvalue weighted by molar-refractivity contribution is 6.13. The lowest BCUT2D eigenvalue weighted by atomic mass is 9.92. The van der Waals surface area contributed by atoms with Crippen molar-refractivity contribution >= 4 is 17.2 Å². The maximum atomic E-state index is 5.79. The van der Waals surface area contributed by atoms with Gasteiger partial charge < -0.3 is 4.74 Å².